The minimum Gasteiger partial charge on any atom is -0.476 e. The highest BCUT2D eigenvalue weighted by Crippen LogP contribution is 2.18. The lowest BCUT2D eigenvalue weighted by Gasteiger charge is -2.07. The summed E-state index contributed by atoms with van der Waals surface area (Å²) in [5.74, 6) is -2.42. The Balaban J connectivity index is 2.70. The van der Waals surface area contributed by atoms with Gasteiger partial charge in [0, 0.05) is 23.9 Å². The maximum absolute atomic E-state index is 13.4. The third-order valence-electron chi connectivity index (χ3n) is 2.64. The average Bonchev–Trinajstić information content (AvgIpc) is 2.40. The summed E-state index contributed by atoms with van der Waals surface area (Å²) in [7, 11) is 0. The maximum atomic E-state index is 13.4. The predicted octanol–water partition coefficient (Wildman–Crippen LogP) is 1.29. The number of aryl methyl sites for hydroxylation is 1. The number of aromatic carboxylic acids is 1. The molecular formula is C12H8FN3O5. The van der Waals surface area contributed by atoms with Crippen molar-refractivity contribution in [3.8, 4) is 5.69 Å². The van der Waals surface area contributed by atoms with Crippen molar-refractivity contribution in [2.75, 3.05) is 0 Å². The Hall–Kier alpha value is -3.10. The topological polar surface area (TPSA) is 115 Å². The summed E-state index contributed by atoms with van der Waals surface area (Å²) < 4.78 is 14.3. The molecule has 0 bridgehead atoms. The molecule has 0 aliphatic rings. The molecule has 0 radical (unpaired) electrons. The van der Waals surface area contributed by atoms with E-state index >= 15 is 0 Å². The minimum atomic E-state index is -1.54. The number of nitro benzene ring substituents is 1. The third-order valence-corrected chi connectivity index (χ3v) is 2.64. The number of carboxylic acid groups (broad SMARTS) is 1. The highest BCUT2D eigenvalue weighted by Gasteiger charge is 2.16. The van der Waals surface area contributed by atoms with Crippen LogP contribution in [-0.2, 0) is 0 Å². The van der Waals surface area contributed by atoms with Gasteiger partial charge in [-0.1, -0.05) is 0 Å². The van der Waals surface area contributed by atoms with Gasteiger partial charge < -0.3 is 5.11 Å². The number of rotatable bonds is 3. The molecule has 21 heavy (non-hydrogen) atoms. The normalized spacial score (nSPS) is 10.4. The molecule has 1 aromatic carbocycles. The van der Waals surface area contributed by atoms with Crippen LogP contribution in [0.5, 0.6) is 0 Å². The average molecular weight is 293 g/mol. The van der Waals surface area contributed by atoms with Crippen molar-refractivity contribution in [3.05, 3.63) is 61.8 Å². The van der Waals surface area contributed by atoms with E-state index in [4.69, 9.17) is 5.11 Å². The molecule has 0 fully saturated rings. The van der Waals surface area contributed by atoms with Gasteiger partial charge in [0.25, 0.3) is 5.69 Å². The van der Waals surface area contributed by atoms with E-state index < -0.39 is 33.5 Å². The Morgan fingerprint density at radius 2 is 2.10 bits per heavy atom. The zero-order chi connectivity index (χ0) is 15.7. The number of carbonyl (C=O) groups is 1. The molecule has 0 aliphatic carbocycles. The first-order valence-electron chi connectivity index (χ1n) is 5.59. The minimum absolute atomic E-state index is 0.0627. The second kappa shape index (κ2) is 5.12. The first kappa shape index (κ1) is 14.3. The largest absolute Gasteiger partial charge is 0.476 e. The van der Waals surface area contributed by atoms with Crippen LogP contribution in [0, 0.1) is 22.9 Å². The molecule has 8 nitrogen and oxygen atoms in total. The van der Waals surface area contributed by atoms with E-state index in [1.165, 1.54) is 13.1 Å². The molecule has 0 atom stereocenters. The predicted molar refractivity (Wildman–Crippen MR) is 68.1 cm³/mol. The Bertz CT molecular complexity index is 815. The summed E-state index contributed by atoms with van der Waals surface area (Å²) in [5.41, 5.74) is -2.03. The standard InChI is InChI=1S/C12H8FN3O5/c1-6-5-15(14-10(11(6)17)12(18)19)8-2-7(13)3-9(4-8)16(20)21/h2-5H,1H3,(H,18,19). The molecule has 1 N–H and O–H groups in total. The van der Waals surface area contributed by atoms with E-state index in [0.29, 0.717) is 0 Å². The van der Waals surface area contributed by atoms with Gasteiger partial charge in [-0.25, -0.2) is 13.9 Å². The second-order valence-electron chi connectivity index (χ2n) is 4.16. The van der Waals surface area contributed by atoms with Gasteiger partial charge in [-0.15, -0.1) is 0 Å². The monoisotopic (exact) mass is 293 g/mol. The second-order valence-corrected chi connectivity index (χ2v) is 4.16. The first-order chi connectivity index (χ1) is 9.79. The summed E-state index contributed by atoms with van der Waals surface area (Å²) in [6.07, 6.45) is 1.17. The Morgan fingerprint density at radius 1 is 1.43 bits per heavy atom. The van der Waals surface area contributed by atoms with Gasteiger partial charge in [-0.3, -0.25) is 14.9 Å². The number of nitro groups is 1. The zero-order valence-electron chi connectivity index (χ0n) is 10.6. The van der Waals surface area contributed by atoms with Gasteiger partial charge in [0.15, 0.2) is 0 Å². The van der Waals surface area contributed by atoms with Crippen LogP contribution >= 0.6 is 0 Å². The molecule has 0 saturated heterocycles. The highest BCUT2D eigenvalue weighted by molar-refractivity contribution is 5.85. The number of aromatic nitrogens is 2. The molecule has 1 aromatic heterocycles. The summed E-state index contributed by atoms with van der Waals surface area (Å²) in [5, 5.41) is 23.2. The number of non-ortho nitro benzene ring substituents is 1. The lowest BCUT2D eigenvalue weighted by Crippen LogP contribution is -2.23. The lowest BCUT2D eigenvalue weighted by atomic mass is 10.2. The molecule has 9 heteroatoms. The van der Waals surface area contributed by atoms with E-state index in [-0.39, 0.29) is 11.3 Å². The van der Waals surface area contributed by atoms with Crippen molar-refractivity contribution in [2.24, 2.45) is 0 Å². The number of carboxylic acids is 1. The number of hydrogen-bond acceptors (Lipinski definition) is 5. The van der Waals surface area contributed by atoms with Gasteiger partial charge >= 0.3 is 5.97 Å². The number of nitrogens with zero attached hydrogens (tertiary/aromatic N) is 3. The van der Waals surface area contributed by atoms with Crippen LogP contribution in [0.25, 0.3) is 5.69 Å². The van der Waals surface area contributed by atoms with Crippen LogP contribution in [0.1, 0.15) is 16.1 Å². The van der Waals surface area contributed by atoms with Crippen molar-refractivity contribution >= 4 is 11.7 Å². The first-order valence-corrected chi connectivity index (χ1v) is 5.59. The Labute approximate surface area is 116 Å². The molecule has 0 aliphatic heterocycles. The van der Waals surface area contributed by atoms with Crippen molar-refractivity contribution in [2.45, 2.75) is 6.92 Å². The van der Waals surface area contributed by atoms with Crippen LogP contribution in [0.3, 0.4) is 0 Å². The van der Waals surface area contributed by atoms with E-state index in [9.17, 15) is 24.1 Å². The lowest BCUT2D eigenvalue weighted by molar-refractivity contribution is -0.385. The van der Waals surface area contributed by atoms with E-state index in [2.05, 4.69) is 5.10 Å². The number of halogens is 1. The Kier molecular flexibility index (Phi) is 3.49. The molecule has 0 saturated carbocycles. The Morgan fingerprint density at radius 3 is 2.67 bits per heavy atom. The fourth-order valence-electron chi connectivity index (χ4n) is 1.68. The zero-order valence-corrected chi connectivity index (χ0v) is 10.6. The molecule has 0 unspecified atom stereocenters. The van der Waals surface area contributed by atoms with Crippen molar-refractivity contribution in [1.82, 2.24) is 9.78 Å². The molecular weight excluding hydrogens is 285 g/mol. The fourth-order valence-corrected chi connectivity index (χ4v) is 1.68. The van der Waals surface area contributed by atoms with Crippen LogP contribution in [0.15, 0.2) is 29.2 Å². The summed E-state index contributed by atoms with van der Waals surface area (Å²) in [6.45, 7) is 1.36. The molecule has 1 heterocycles. The van der Waals surface area contributed by atoms with E-state index in [1.54, 1.807) is 0 Å². The van der Waals surface area contributed by atoms with Crippen molar-refractivity contribution in [1.29, 1.82) is 0 Å². The van der Waals surface area contributed by atoms with E-state index in [1.807, 2.05) is 0 Å². The molecule has 0 amide bonds. The van der Waals surface area contributed by atoms with Crippen LogP contribution < -0.4 is 5.43 Å². The molecule has 0 spiro atoms. The van der Waals surface area contributed by atoms with Gasteiger partial charge in [0.05, 0.1) is 16.7 Å². The van der Waals surface area contributed by atoms with Crippen molar-refractivity contribution in [3.63, 3.8) is 0 Å². The van der Waals surface area contributed by atoms with Crippen LogP contribution in [0.4, 0.5) is 10.1 Å². The maximum Gasteiger partial charge on any atom is 0.360 e. The van der Waals surface area contributed by atoms with Gasteiger partial charge in [0.1, 0.15) is 5.82 Å². The summed E-state index contributed by atoms with van der Waals surface area (Å²) in [4.78, 5) is 32.4. The van der Waals surface area contributed by atoms with Crippen LogP contribution in [-0.4, -0.2) is 25.8 Å². The third kappa shape index (κ3) is 2.76. The number of hydrogen-bond donors (Lipinski definition) is 1. The SMILES string of the molecule is Cc1cn(-c2cc(F)cc([N+](=O)[O-])c2)nc(C(=O)O)c1=O. The van der Waals surface area contributed by atoms with Crippen LogP contribution in [0.2, 0.25) is 0 Å². The summed E-state index contributed by atoms with van der Waals surface area (Å²) >= 11 is 0. The van der Waals surface area contributed by atoms with E-state index in [0.717, 1.165) is 22.9 Å². The fraction of sp³-hybridized carbons (Fsp3) is 0.0833. The summed E-state index contributed by atoms with van der Waals surface area (Å²) in [6, 6.07) is 2.68. The number of benzene rings is 1. The van der Waals surface area contributed by atoms with Gasteiger partial charge in [0.2, 0.25) is 11.1 Å². The molecule has 108 valence electrons. The van der Waals surface area contributed by atoms with Gasteiger partial charge in [-0.2, -0.15) is 5.10 Å². The van der Waals surface area contributed by atoms with Crippen molar-refractivity contribution < 1.29 is 19.2 Å². The quantitative estimate of drug-likeness (QED) is 0.673. The smallest absolute Gasteiger partial charge is 0.360 e. The molecule has 2 rings (SSSR count). The highest BCUT2D eigenvalue weighted by atomic mass is 19.1. The van der Waals surface area contributed by atoms with Gasteiger partial charge in [-0.05, 0) is 6.92 Å². The molecule has 2 aromatic rings.